The third-order valence-electron chi connectivity index (χ3n) is 3.73. The van der Waals surface area contributed by atoms with Gasteiger partial charge in [0.15, 0.2) is 0 Å². The van der Waals surface area contributed by atoms with E-state index in [-0.39, 0.29) is 0 Å². The first kappa shape index (κ1) is 17.0. The normalized spacial score (nSPS) is 11.0. The van der Waals surface area contributed by atoms with Gasteiger partial charge in [-0.2, -0.15) is 0 Å². The van der Waals surface area contributed by atoms with Crippen LogP contribution in [0.5, 0.6) is 0 Å². The maximum atomic E-state index is 6.18. The predicted octanol–water partition coefficient (Wildman–Crippen LogP) is 5.29. The molecule has 1 heterocycles. The fraction of sp³-hybridized carbons (Fsp3) is 0.211. The molecule has 1 aromatic heterocycles. The molecule has 0 aliphatic heterocycles. The summed E-state index contributed by atoms with van der Waals surface area (Å²) in [5.74, 6) is 0.506. The van der Waals surface area contributed by atoms with E-state index in [4.69, 9.17) is 27.6 Å². The Morgan fingerprint density at radius 1 is 1.08 bits per heavy atom. The number of benzene rings is 2. The van der Waals surface area contributed by atoms with Crippen LogP contribution in [-0.2, 0) is 13.0 Å². The first-order chi connectivity index (χ1) is 11.6. The Morgan fingerprint density at radius 2 is 1.88 bits per heavy atom. The van der Waals surface area contributed by atoms with Crippen LogP contribution in [0.2, 0.25) is 10.0 Å². The molecular weight excluding hydrogens is 343 g/mol. The highest BCUT2D eigenvalue weighted by molar-refractivity contribution is 6.36. The molecule has 0 amide bonds. The molecule has 3 rings (SSSR count). The molecule has 0 spiro atoms. The number of aryl methyl sites for hydroxylation is 1. The lowest BCUT2D eigenvalue weighted by Crippen LogP contribution is -2.16. The van der Waals surface area contributed by atoms with E-state index in [1.54, 1.807) is 18.4 Å². The molecule has 24 heavy (non-hydrogen) atoms. The molecule has 0 aliphatic carbocycles. The average Bonchev–Trinajstić information content (AvgIpc) is 3.02. The number of nitrogens with zero attached hydrogens (tertiary/aromatic N) is 1. The molecule has 0 radical (unpaired) electrons. The van der Waals surface area contributed by atoms with Crippen LogP contribution in [-0.4, -0.2) is 11.5 Å². The van der Waals surface area contributed by atoms with Crippen LogP contribution < -0.4 is 5.32 Å². The van der Waals surface area contributed by atoms with Crippen molar-refractivity contribution in [2.75, 3.05) is 6.54 Å². The minimum absolute atomic E-state index is 0.506. The van der Waals surface area contributed by atoms with Crippen LogP contribution in [0.4, 0.5) is 0 Å². The fourth-order valence-corrected chi connectivity index (χ4v) is 2.87. The van der Waals surface area contributed by atoms with Gasteiger partial charge in [0.2, 0.25) is 5.89 Å². The van der Waals surface area contributed by atoms with E-state index in [1.807, 2.05) is 6.07 Å². The number of aromatic nitrogens is 1. The highest BCUT2D eigenvalue weighted by Gasteiger charge is 2.10. The standard InChI is InChI=1S/C19H18Cl2N2O/c1-13-2-4-14(5-3-13)8-9-22-11-16-12-24-19(23-16)17-7-6-15(20)10-18(17)21/h2-7,10,12,22H,8-9,11H2,1H3. The Kier molecular flexibility index (Phi) is 5.56. The first-order valence-electron chi connectivity index (χ1n) is 7.78. The van der Waals surface area contributed by atoms with Gasteiger partial charge in [-0.1, -0.05) is 53.0 Å². The van der Waals surface area contributed by atoms with Crippen LogP contribution in [0, 0.1) is 6.92 Å². The molecule has 0 unspecified atom stereocenters. The highest BCUT2D eigenvalue weighted by atomic mass is 35.5. The quantitative estimate of drug-likeness (QED) is 0.607. The van der Waals surface area contributed by atoms with Crippen molar-refractivity contribution in [2.24, 2.45) is 0 Å². The van der Waals surface area contributed by atoms with Gasteiger partial charge in [-0.05, 0) is 43.7 Å². The van der Waals surface area contributed by atoms with E-state index >= 15 is 0 Å². The van der Waals surface area contributed by atoms with Crippen LogP contribution >= 0.6 is 23.2 Å². The lowest BCUT2D eigenvalue weighted by Gasteiger charge is -2.03. The summed E-state index contributed by atoms with van der Waals surface area (Å²) >= 11 is 12.1. The van der Waals surface area contributed by atoms with Crippen LogP contribution in [0.1, 0.15) is 16.8 Å². The molecule has 0 saturated heterocycles. The van der Waals surface area contributed by atoms with Gasteiger partial charge in [0.05, 0.1) is 16.3 Å². The topological polar surface area (TPSA) is 38.1 Å². The zero-order chi connectivity index (χ0) is 16.9. The largest absolute Gasteiger partial charge is 0.444 e. The van der Waals surface area contributed by atoms with Crippen molar-refractivity contribution >= 4 is 23.2 Å². The Labute approximate surface area is 151 Å². The van der Waals surface area contributed by atoms with Crippen LogP contribution in [0.15, 0.2) is 53.1 Å². The lowest BCUT2D eigenvalue weighted by atomic mass is 10.1. The van der Waals surface area contributed by atoms with E-state index in [9.17, 15) is 0 Å². The summed E-state index contributed by atoms with van der Waals surface area (Å²) in [7, 11) is 0. The summed E-state index contributed by atoms with van der Waals surface area (Å²) in [6.45, 7) is 3.63. The molecular formula is C19H18Cl2N2O. The maximum Gasteiger partial charge on any atom is 0.227 e. The van der Waals surface area contributed by atoms with Crippen molar-refractivity contribution in [1.29, 1.82) is 0 Å². The number of halogens is 2. The Morgan fingerprint density at radius 3 is 2.62 bits per heavy atom. The minimum Gasteiger partial charge on any atom is -0.444 e. The van der Waals surface area contributed by atoms with Gasteiger partial charge in [-0.3, -0.25) is 0 Å². The predicted molar refractivity (Wildman–Crippen MR) is 98.5 cm³/mol. The number of nitrogens with one attached hydrogen (secondary N) is 1. The highest BCUT2D eigenvalue weighted by Crippen LogP contribution is 2.29. The van der Waals surface area contributed by atoms with Gasteiger partial charge >= 0.3 is 0 Å². The molecule has 3 nitrogen and oxygen atoms in total. The summed E-state index contributed by atoms with van der Waals surface area (Å²) in [4.78, 5) is 4.47. The second kappa shape index (κ2) is 7.84. The van der Waals surface area contributed by atoms with Gasteiger partial charge in [0.25, 0.3) is 0 Å². The van der Waals surface area contributed by atoms with E-state index in [0.29, 0.717) is 22.5 Å². The zero-order valence-electron chi connectivity index (χ0n) is 13.4. The minimum atomic E-state index is 0.506. The van der Waals surface area contributed by atoms with E-state index in [2.05, 4.69) is 41.5 Å². The zero-order valence-corrected chi connectivity index (χ0v) is 14.9. The van der Waals surface area contributed by atoms with E-state index in [1.165, 1.54) is 11.1 Å². The second-order valence-corrected chi connectivity index (χ2v) is 6.52. The van der Waals surface area contributed by atoms with Crippen LogP contribution in [0.25, 0.3) is 11.5 Å². The Balaban J connectivity index is 1.53. The van der Waals surface area contributed by atoms with Crippen molar-refractivity contribution in [3.63, 3.8) is 0 Å². The van der Waals surface area contributed by atoms with Crippen molar-refractivity contribution in [3.8, 4) is 11.5 Å². The molecule has 0 atom stereocenters. The van der Waals surface area contributed by atoms with E-state index < -0.39 is 0 Å². The fourth-order valence-electron chi connectivity index (χ4n) is 2.38. The summed E-state index contributed by atoms with van der Waals surface area (Å²) < 4.78 is 5.52. The Bertz CT molecular complexity index is 812. The number of hydrogen-bond donors (Lipinski definition) is 1. The van der Waals surface area contributed by atoms with Gasteiger partial charge in [-0.25, -0.2) is 4.98 Å². The maximum absolute atomic E-state index is 6.18. The third-order valence-corrected chi connectivity index (χ3v) is 4.28. The van der Waals surface area contributed by atoms with Crippen molar-refractivity contribution in [2.45, 2.75) is 19.9 Å². The Hall–Kier alpha value is -1.81. The molecule has 1 N–H and O–H groups in total. The number of oxazole rings is 1. The number of rotatable bonds is 6. The monoisotopic (exact) mass is 360 g/mol. The third kappa shape index (κ3) is 4.38. The molecule has 5 heteroatoms. The summed E-state index contributed by atoms with van der Waals surface area (Å²) in [6, 6.07) is 13.9. The van der Waals surface area contributed by atoms with Gasteiger partial charge in [0.1, 0.15) is 6.26 Å². The van der Waals surface area contributed by atoms with E-state index in [0.717, 1.165) is 24.2 Å². The van der Waals surface area contributed by atoms with Gasteiger partial charge in [-0.15, -0.1) is 0 Å². The lowest BCUT2D eigenvalue weighted by molar-refractivity contribution is 0.570. The van der Waals surface area contributed by atoms with Gasteiger partial charge < -0.3 is 9.73 Å². The van der Waals surface area contributed by atoms with Crippen molar-refractivity contribution < 1.29 is 4.42 Å². The SMILES string of the molecule is Cc1ccc(CCNCc2coc(-c3ccc(Cl)cc3Cl)n2)cc1. The molecule has 2 aromatic carbocycles. The molecule has 0 aliphatic rings. The van der Waals surface area contributed by atoms with Crippen molar-refractivity contribution in [1.82, 2.24) is 10.3 Å². The van der Waals surface area contributed by atoms with Crippen LogP contribution in [0.3, 0.4) is 0 Å². The van der Waals surface area contributed by atoms with Gasteiger partial charge in [0, 0.05) is 11.6 Å². The summed E-state index contributed by atoms with van der Waals surface area (Å²) in [6.07, 6.45) is 2.63. The molecule has 0 bridgehead atoms. The second-order valence-electron chi connectivity index (χ2n) is 5.68. The summed E-state index contributed by atoms with van der Waals surface area (Å²) in [5, 5.41) is 4.50. The molecule has 0 fully saturated rings. The first-order valence-corrected chi connectivity index (χ1v) is 8.53. The molecule has 3 aromatic rings. The summed E-state index contributed by atoms with van der Waals surface area (Å²) in [5.41, 5.74) is 4.19. The number of hydrogen-bond acceptors (Lipinski definition) is 3. The van der Waals surface area contributed by atoms with Crippen molar-refractivity contribution in [3.05, 3.63) is 75.6 Å². The average molecular weight is 361 g/mol. The molecule has 0 saturated carbocycles. The smallest absolute Gasteiger partial charge is 0.227 e. The molecule has 124 valence electrons.